The minimum atomic E-state index is -3.41. The van der Waals surface area contributed by atoms with Gasteiger partial charge in [-0.25, -0.2) is 8.42 Å². The zero-order chi connectivity index (χ0) is 20.3. The zero-order valence-corrected chi connectivity index (χ0v) is 18.1. The second-order valence-corrected chi connectivity index (χ2v) is 10.7. The second-order valence-electron chi connectivity index (χ2n) is 8.62. The molecule has 29 heavy (non-hydrogen) atoms. The van der Waals surface area contributed by atoms with Crippen molar-refractivity contribution < 1.29 is 13.2 Å². The molecule has 0 N–H and O–H groups in total. The lowest BCUT2D eigenvalue weighted by Crippen LogP contribution is -2.50. The molecule has 0 saturated carbocycles. The third-order valence-corrected chi connectivity index (χ3v) is 8.38. The third kappa shape index (κ3) is 5.19. The van der Waals surface area contributed by atoms with Crippen LogP contribution in [-0.4, -0.2) is 87.1 Å². The molecule has 2 fully saturated rings. The Hall–Kier alpha value is -1.44. The Kier molecular flexibility index (Phi) is 6.56. The van der Waals surface area contributed by atoms with Gasteiger partial charge in [0.15, 0.2) is 9.84 Å². The van der Waals surface area contributed by atoms with Gasteiger partial charge in [-0.1, -0.05) is 6.07 Å². The van der Waals surface area contributed by atoms with E-state index in [4.69, 9.17) is 0 Å². The highest BCUT2D eigenvalue weighted by Crippen LogP contribution is 2.25. The average Bonchev–Trinajstić information content (AvgIpc) is 3.42. The van der Waals surface area contributed by atoms with Crippen molar-refractivity contribution in [1.82, 2.24) is 14.7 Å². The summed E-state index contributed by atoms with van der Waals surface area (Å²) in [6.07, 6.45) is 5.81. The van der Waals surface area contributed by atoms with Crippen molar-refractivity contribution in [2.24, 2.45) is 0 Å². The molecule has 0 bridgehead atoms. The number of amides is 1. The summed E-state index contributed by atoms with van der Waals surface area (Å²) in [7, 11) is -3.41. The van der Waals surface area contributed by atoms with E-state index in [1.807, 2.05) is 17.0 Å². The number of piperazine rings is 1. The highest BCUT2D eigenvalue weighted by Gasteiger charge is 2.25. The van der Waals surface area contributed by atoms with E-state index in [0.29, 0.717) is 18.0 Å². The highest BCUT2D eigenvalue weighted by atomic mass is 32.2. The van der Waals surface area contributed by atoms with E-state index < -0.39 is 9.84 Å². The standard InChI is InChI=1S/C22H33N3O3S/c26-22(25-15-13-24(14-16-25)12-11-23-9-1-2-10-23)8-17-29(27,28)21-7-6-19-4-3-5-20(19)18-21/h6-7,18H,1-5,8-17H2. The van der Waals surface area contributed by atoms with E-state index >= 15 is 0 Å². The number of hydrogen-bond donors (Lipinski definition) is 0. The van der Waals surface area contributed by atoms with Gasteiger partial charge in [0.1, 0.15) is 0 Å². The predicted molar refractivity (Wildman–Crippen MR) is 114 cm³/mol. The summed E-state index contributed by atoms with van der Waals surface area (Å²) in [5.41, 5.74) is 2.42. The first kappa shape index (κ1) is 20.8. The van der Waals surface area contributed by atoms with Crippen LogP contribution in [0.5, 0.6) is 0 Å². The number of aryl methyl sites for hydroxylation is 2. The summed E-state index contributed by atoms with van der Waals surface area (Å²) in [5, 5.41) is 0. The fraction of sp³-hybridized carbons (Fsp3) is 0.682. The third-order valence-electron chi connectivity index (χ3n) is 6.67. The second kappa shape index (κ2) is 9.14. The Morgan fingerprint density at radius 3 is 2.21 bits per heavy atom. The molecule has 6 nitrogen and oxygen atoms in total. The number of fused-ring (bicyclic) bond motifs is 1. The molecule has 4 rings (SSSR count). The molecule has 3 aliphatic rings. The zero-order valence-electron chi connectivity index (χ0n) is 17.3. The van der Waals surface area contributed by atoms with Crippen LogP contribution in [0.1, 0.15) is 36.8 Å². The first-order valence-corrected chi connectivity index (χ1v) is 12.7. The van der Waals surface area contributed by atoms with Crippen LogP contribution in [0.15, 0.2) is 23.1 Å². The summed E-state index contributed by atoms with van der Waals surface area (Å²) >= 11 is 0. The molecule has 1 amide bonds. The molecular formula is C22H33N3O3S. The van der Waals surface area contributed by atoms with Gasteiger partial charge in [-0.3, -0.25) is 9.69 Å². The van der Waals surface area contributed by atoms with Crippen molar-refractivity contribution in [3.63, 3.8) is 0 Å². The summed E-state index contributed by atoms with van der Waals surface area (Å²) in [6, 6.07) is 5.47. The molecule has 0 aromatic heterocycles. The Morgan fingerprint density at radius 1 is 0.828 bits per heavy atom. The van der Waals surface area contributed by atoms with Crippen LogP contribution < -0.4 is 0 Å². The summed E-state index contributed by atoms with van der Waals surface area (Å²) in [5.74, 6) is -0.131. The van der Waals surface area contributed by atoms with Crippen molar-refractivity contribution in [3.8, 4) is 0 Å². The first-order valence-electron chi connectivity index (χ1n) is 11.1. The van der Waals surface area contributed by atoms with E-state index in [1.54, 1.807) is 6.07 Å². The number of nitrogens with zero attached hydrogens (tertiary/aromatic N) is 3. The van der Waals surface area contributed by atoms with Crippen LogP contribution >= 0.6 is 0 Å². The Morgan fingerprint density at radius 2 is 1.48 bits per heavy atom. The van der Waals surface area contributed by atoms with Crippen LogP contribution in [0.25, 0.3) is 0 Å². The predicted octanol–water partition coefficient (Wildman–Crippen LogP) is 1.58. The number of carbonyl (C=O) groups is 1. The number of benzene rings is 1. The van der Waals surface area contributed by atoms with Gasteiger partial charge in [0.2, 0.25) is 5.91 Å². The lowest BCUT2D eigenvalue weighted by atomic mass is 10.1. The Balaban J connectivity index is 1.22. The molecule has 2 saturated heterocycles. The van der Waals surface area contributed by atoms with Crippen LogP contribution in [-0.2, 0) is 27.5 Å². The largest absolute Gasteiger partial charge is 0.340 e. The van der Waals surface area contributed by atoms with E-state index in [1.165, 1.54) is 31.5 Å². The normalized spacial score (nSPS) is 20.9. The number of hydrogen-bond acceptors (Lipinski definition) is 5. The van der Waals surface area contributed by atoms with Crippen molar-refractivity contribution in [1.29, 1.82) is 0 Å². The molecule has 1 aliphatic carbocycles. The van der Waals surface area contributed by atoms with Crippen LogP contribution in [0.3, 0.4) is 0 Å². The molecule has 0 radical (unpaired) electrons. The monoisotopic (exact) mass is 419 g/mol. The van der Waals surface area contributed by atoms with Gasteiger partial charge in [-0.2, -0.15) is 0 Å². The van der Waals surface area contributed by atoms with E-state index in [2.05, 4.69) is 9.80 Å². The summed E-state index contributed by atoms with van der Waals surface area (Å²) in [4.78, 5) is 19.7. The van der Waals surface area contributed by atoms with Gasteiger partial charge in [0.25, 0.3) is 0 Å². The molecule has 0 atom stereocenters. The highest BCUT2D eigenvalue weighted by molar-refractivity contribution is 7.91. The number of rotatable bonds is 7. The van der Waals surface area contributed by atoms with Crippen molar-refractivity contribution in [3.05, 3.63) is 29.3 Å². The van der Waals surface area contributed by atoms with Gasteiger partial charge in [0.05, 0.1) is 10.6 Å². The van der Waals surface area contributed by atoms with Gasteiger partial charge in [-0.15, -0.1) is 0 Å². The smallest absolute Gasteiger partial charge is 0.223 e. The number of sulfone groups is 1. The van der Waals surface area contributed by atoms with Gasteiger partial charge < -0.3 is 9.80 Å². The molecule has 7 heteroatoms. The Labute approximate surface area is 174 Å². The van der Waals surface area contributed by atoms with Crippen LogP contribution in [0.2, 0.25) is 0 Å². The van der Waals surface area contributed by atoms with Gasteiger partial charge in [-0.05, 0) is 68.5 Å². The fourth-order valence-corrected chi connectivity index (χ4v) is 6.03. The van der Waals surface area contributed by atoms with Crippen molar-refractivity contribution in [2.75, 3.05) is 58.1 Å². The maximum Gasteiger partial charge on any atom is 0.223 e. The maximum atomic E-state index is 12.7. The molecule has 0 spiro atoms. The van der Waals surface area contributed by atoms with E-state index in [0.717, 1.165) is 51.0 Å². The van der Waals surface area contributed by atoms with Crippen molar-refractivity contribution in [2.45, 2.75) is 43.4 Å². The minimum Gasteiger partial charge on any atom is -0.340 e. The van der Waals surface area contributed by atoms with Crippen LogP contribution in [0, 0.1) is 0 Å². The molecular weight excluding hydrogens is 386 g/mol. The lowest BCUT2D eigenvalue weighted by molar-refractivity contribution is -0.132. The quantitative estimate of drug-likeness (QED) is 0.672. The SMILES string of the molecule is O=C(CCS(=O)(=O)c1ccc2c(c1)CCC2)N1CCN(CCN2CCCC2)CC1. The molecule has 1 aromatic rings. The van der Waals surface area contributed by atoms with Crippen molar-refractivity contribution >= 4 is 15.7 Å². The molecule has 2 heterocycles. The number of likely N-dealkylation sites (tertiary alicyclic amines) is 1. The minimum absolute atomic E-state index is 0.0334. The lowest BCUT2D eigenvalue weighted by Gasteiger charge is -2.35. The molecule has 0 unspecified atom stereocenters. The maximum absolute atomic E-state index is 12.7. The van der Waals surface area contributed by atoms with E-state index in [9.17, 15) is 13.2 Å². The van der Waals surface area contributed by atoms with Crippen LogP contribution in [0.4, 0.5) is 0 Å². The summed E-state index contributed by atoms with van der Waals surface area (Å²) in [6.45, 7) is 7.81. The fourth-order valence-electron chi connectivity index (χ4n) is 4.75. The van der Waals surface area contributed by atoms with E-state index in [-0.39, 0.29) is 18.1 Å². The topological polar surface area (TPSA) is 60.9 Å². The average molecular weight is 420 g/mol. The number of carbonyl (C=O) groups excluding carboxylic acids is 1. The molecule has 2 aliphatic heterocycles. The first-order chi connectivity index (χ1) is 14.0. The summed E-state index contributed by atoms with van der Waals surface area (Å²) < 4.78 is 25.4. The molecule has 1 aromatic carbocycles. The molecule has 160 valence electrons. The van der Waals surface area contributed by atoms with Gasteiger partial charge >= 0.3 is 0 Å². The Bertz CT molecular complexity index is 826. The van der Waals surface area contributed by atoms with Gasteiger partial charge in [0, 0.05) is 45.7 Å².